The Hall–Kier alpha value is -1.19. The fraction of sp³-hybridized carbons (Fsp3) is 0.919. The summed E-state index contributed by atoms with van der Waals surface area (Å²) in [6.07, 6.45) is 36.2. The number of hydrogen-bond donors (Lipinski definition) is 0. The molecule has 1 amide bonds. The summed E-state index contributed by atoms with van der Waals surface area (Å²) in [5, 5.41) is 0. The van der Waals surface area contributed by atoms with E-state index in [4.69, 9.17) is 4.99 Å². The van der Waals surface area contributed by atoms with Gasteiger partial charge in [0.2, 0.25) is 5.91 Å². The zero-order chi connectivity index (χ0) is 29.9. The Labute approximate surface area is 256 Å². The van der Waals surface area contributed by atoms with Gasteiger partial charge < -0.3 is 4.79 Å². The predicted octanol–water partition coefficient (Wildman–Crippen LogP) is 11.4. The second-order valence-corrected chi connectivity index (χ2v) is 13.3. The number of amidine groups is 1. The van der Waals surface area contributed by atoms with Crippen molar-refractivity contribution in [3.8, 4) is 0 Å². The van der Waals surface area contributed by atoms with Gasteiger partial charge in [-0.3, -0.25) is 14.7 Å². The summed E-state index contributed by atoms with van der Waals surface area (Å²) in [5.74, 6) is 1.11. The minimum Gasteiger partial charge on any atom is -0.303 e. The maximum atomic E-state index is 13.1. The molecular weight excluding hydrogens is 504 g/mol. The van der Waals surface area contributed by atoms with Crippen molar-refractivity contribution in [3.63, 3.8) is 0 Å². The molecule has 0 spiro atoms. The van der Waals surface area contributed by atoms with Gasteiger partial charge in [0.05, 0.1) is 6.54 Å². The van der Waals surface area contributed by atoms with Crippen molar-refractivity contribution >= 4 is 18.0 Å². The molecule has 1 heterocycles. The molecule has 41 heavy (non-hydrogen) atoms. The van der Waals surface area contributed by atoms with Gasteiger partial charge in [0.1, 0.15) is 12.1 Å². The highest BCUT2D eigenvalue weighted by molar-refractivity contribution is 6.02. The van der Waals surface area contributed by atoms with E-state index in [1.165, 1.54) is 141 Å². The van der Waals surface area contributed by atoms with E-state index in [2.05, 4.69) is 20.8 Å². The second kappa shape index (κ2) is 26.4. The summed E-state index contributed by atoms with van der Waals surface area (Å²) in [6, 6.07) is 0. The van der Waals surface area contributed by atoms with Crippen molar-refractivity contribution in [1.29, 1.82) is 0 Å². The highest BCUT2D eigenvalue weighted by Gasteiger charge is 2.38. The molecule has 0 fully saturated rings. The van der Waals surface area contributed by atoms with Gasteiger partial charge in [0.15, 0.2) is 0 Å². The average molecular weight is 575 g/mol. The van der Waals surface area contributed by atoms with Crippen molar-refractivity contribution in [2.45, 2.75) is 201 Å². The first-order chi connectivity index (χ1) is 20.1. The minimum absolute atomic E-state index is 0.219. The van der Waals surface area contributed by atoms with Crippen LogP contribution in [0.3, 0.4) is 0 Å². The van der Waals surface area contributed by atoms with E-state index in [0.29, 0.717) is 25.9 Å². The average Bonchev–Trinajstić information content (AvgIpc) is 3.47. The molecule has 1 aliphatic heterocycles. The number of aldehydes is 1. The Morgan fingerprint density at radius 2 is 1.05 bits per heavy atom. The van der Waals surface area contributed by atoms with Gasteiger partial charge in [-0.05, 0) is 12.8 Å². The first kappa shape index (κ1) is 37.8. The summed E-state index contributed by atoms with van der Waals surface area (Å²) < 4.78 is 0. The lowest BCUT2D eigenvalue weighted by molar-refractivity contribution is -0.127. The molecule has 0 radical (unpaired) electrons. The number of unbranched alkanes of at least 4 members (excludes halogenated alkanes) is 23. The van der Waals surface area contributed by atoms with Gasteiger partial charge in [-0.25, -0.2) is 0 Å². The van der Waals surface area contributed by atoms with Crippen LogP contribution in [0.25, 0.3) is 0 Å². The maximum Gasteiger partial charge on any atom is 0.227 e. The van der Waals surface area contributed by atoms with Crippen LogP contribution in [-0.4, -0.2) is 36.0 Å². The molecular formula is C37H70N2O2. The van der Waals surface area contributed by atoms with E-state index in [-0.39, 0.29) is 11.3 Å². The normalized spacial score (nSPS) is 14.8. The third-order valence-corrected chi connectivity index (χ3v) is 9.29. The lowest BCUT2D eigenvalue weighted by atomic mass is 9.80. The fourth-order valence-electron chi connectivity index (χ4n) is 6.48. The van der Waals surface area contributed by atoms with Crippen LogP contribution in [0.5, 0.6) is 0 Å². The zero-order valence-electron chi connectivity index (χ0n) is 28.0. The predicted molar refractivity (Wildman–Crippen MR) is 179 cm³/mol. The van der Waals surface area contributed by atoms with Gasteiger partial charge in [0.25, 0.3) is 0 Å². The van der Waals surface area contributed by atoms with Gasteiger partial charge in [-0.15, -0.1) is 0 Å². The van der Waals surface area contributed by atoms with Gasteiger partial charge >= 0.3 is 0 Å². The first-order valence-corrected chi connectivity index (χ1v) is 18.4. The number of amides is 1. The van der Waals surface area contributed by atoms with E-state index in [9.17, 15) is 9.59 Å². The van der Waals surface area contributed by atoms with Crippen LogP contribution in [0.4, 0.5) is 0 Å². The molecule has 1 aliphatic rings. The first-order valence-electron chi connectivity index (χ1n) is 18.4. The molecule has 4 nitrogen and oxygen atoms in total. The molecule has 1 atom stereocenters. The van der Waals surface area contributed by atoms with Crippen molar-refractivity contribution in [2.75, 3.05) is 13.1 Å². The molecule has 0 aliphatic carbocycles. The Bertz CT molecular complexity index is 661. The van der Waals surface area contributed by atoms with E-state index in [0.717, 1.165) is 37.8 Å². The zero-order valence-corrected chi connectivity index (χ0v) is 28.0. The quantitative estimate of drug-likeness (QED) is 0.0632. The number of carbonyl (C=O) groups is 2. The van der Waals surface area contributed by atoms with Crippen LogP contribution in [0.2, 0.25) is 0 Å². The highest BCUT2D eigenvalue weighted by atomic mass is 16.2. The Morgan fingerprint density at radius 3 is 1.46 bits per heavy atom. The van der Waals surface area contributed by atoms with Crippen molar-refractivity contribution in [1.82, 2.24) is 4.90 Å². The number of rotatable bonds is 30. The van der Waals surface area contributed by atoms with Crippen LogP contribution in [-0.2, 0) is 9.59 Å². The molecule has 4 heteroatoms. The molecule has 1 rings (SSSR count). The van der Waals surface area contributed by atoms with Crippen LogP contribution in [0.1, 0.15) is 201 Å². The second-order valence-electron chi connectivity index (χ2n) is 13.3. The molecule has 1 unspecified atom stereocenters. The van der Waals surface area contributed by atoms with E-state index >= 15 is 0 Å². The van der Waals surface area contributed by atoms with Gasteiger partial charge in [-0.2, -0.15) is 0 Å². The number of hydrogen-bond acceptors (Lipinski definition) is 3. The molecule has 0 aromatic rings. The van der Waals surface area contributed by atoms with E-state index < -0.39 is 0 Å². The molecule has 0 aromatic carbocycles. The molecule has 0 aromatic heterocycles. The Balaban J connectivity index is 2.19. The van der Waals surface area contributed by atoms with Crippen molar-refractivity contribution < 1.29 is 9.59 Å². The SMILES string of the molecule is CCCCCCCCCCCCCCCC(=O)N1CCN=C1C(C)(CC=O)CCCCCCCCCCCCCC. The summed E-state index contributed by atoms with van der Waals surface area (Å²) in [6.45, 7) is 8.10. The maximum absolute atomic E-state index is 13.1. The summed E-state index contributed by atoms with van der Waals surface area (Å²) in [7, 11) is 0. The van der Waals surface area contributed by atoms with Crippen LogP contribution >= 0.6 is 0 Å². The fourth-order valence-corrected chi connectivity index (χ4v) is 6.48. The van der Waals surface area contributed by atoms with Crippen LogP contribution in [0.15, 0.2) is 4.99 Å². The number of carbonyl (C=O) groups excluding carboxylic acids is 2. The lowest BCUT2D eigenvalue weighted by Crippen LogP contribution is -2.43. The largest absolute Gasteiger partial charge is 0.303 e. The molecule has 240 valence electrons. The number of nitrogens with zero attached hydrogens (tertiary/aromatic N) is 2. The van der Waals surface area contributed by atoms with Gasteiger partial charge in [-0.1, -0.05) is 175 Å². The third-order valence-electron chi connectivity index (χ3n) is 9.29. The lowest BCUT2D eigenvalue weighted by Gasteiger charge is -2.33. The highest BCUT2D eigenvalue weighted by Crippen LogP contribution is 2.34. The van der Waals surface area contributed by atoms with E-state index in [1.54, 1.807) is 0 Å². The minimum atomic E-state index is -0.303. The topological polar surface area (TPSA) is 49.7 Å². The monoisotopic (exact) mass is 575 g/mol. The van der Waals surface area contributed by atoms with Crippen molar-refractivity contribution in [3.05, 3.63) is 0 Å². The smallest absolute Gasteiger partial charge is 0.227 e. The number of aliphatic imine (C=N–C) groups is 1. The Morgan fingerprint density at radius 1 is 0.659 bits per heavy atom. The summed E-state index contributed by atoms with van der Waals surface area (Å²) >= 11 is 0. The molecule has 0 bridgehead atoms. The third kappa shape index (κ3) is 18.9. The summed E-state index contributed by atoms with van der Waals surface area (Å²) in [4.78, 5) is 31.5. The van der Waals surface area contributed by atoms with Gasteiger partial charge in [0, 0.05) is 24.8 Å². The standard InChI is InChI=1S/C37H70N2O2/c1-4-6-8-10-12-14-16-18-19-21-23-25-27-29-35(41)39-33-32-38-36(39)37(3,31-34-40)30-28-26-24-22-20-17-15-13-11-9-7-5-2/h34H,4-33H2,1-3H3. The van der Waals surface area contributed by atoms with E-state index in [1.807, 2.05) is 4.90 Å². The van der Waals surface area contributed by atoms with Crippen LogP contribution < -0.4 is 0 Å². The van der Waals surface area contributed by atoms with Crippen LogP contribution in [0, 0.1) is 5.41 Å². The molecule has 0 N–H and O–H groups in total. The molecule has 0 saturated carbocycles. The Kier molecular flexibility index (Phi) is 24.4. The summed E-state index contributed by atoms with van der Waals surface area (Å²) in [5.41, 5.74) is -0.303. The van der Waals surface area contributed by atoms with Crippen molar-refractivity contribution in [2.24, 2.45) is 10.4 Å². The molecule has 0 saturated heterocycles.